The number of carbonyl (C=O) groups excluding carboxylic acids is 1. The predicted octanol–water partition coefficient (Wildman–Crippen LogP) is 1.97. The first-order valence-electron chi connectivity index (χ1n) is 4.70. The molecular weight excluding hydrogens is 190 g/mol. The Labute approximate surface area is 87.3 Å². The molecule has 1 aromatic heterocycles. The van der Waals surface area contributed by atoms with Gasteiger partial charge in [0.2, 0.25) is 6.08 Å². The van der Waals surface area contributed by atoms with Gasteiger partial charge >= 0.3 is 0 Å². The lowest BCUT2D eigenvalue weighted by molar-refractivity contribution is 0.559. The van der Waals surface area contributed by atoms with Crippen molar-refractivity contribution in [2.75, 3.05) is 0 Å². The molecular formula is C11H11N3O. The van der Waals surface area contributed by atoms with Gasteiger partial charge < -0.3 is 4.57 Å². The molecule has 0 bridgehead atoms. The van der Waals surface area contributed by atoms with Gasteiger partial charge in [0.25, 0.3) is 0 Å². The van der Waals surface area contributed by atoms with Gasteiger partial charge in [-0.05, 0) is 24.6 Å². The van der Waals surface area contributed by atoms with Crippen LogP contribution < -0.4 is 0 Å². The van der Waals surface area contributed by atoms with Crippen LogP contribution in [-0.4, -0.2) is 15.6 Å². The molecule has 1 unspecified atom stereocenters. The molecule has 0 spiro atoms. The van der Waals surface area contributed by atoms with Crippen molar-refractivity contribution in [1.82, 2.24) is 9.55 Å². The first kappa shape index (κ1) is 9.62. The summed E-state index contributed by atoms with van der Waals surface area (Å²) in [5.41, 5.74) is 2.97. The third kappa shape index (κ3) is 1.67. The highest BCUT2D eigenvalue weighted by Crippen LogP contribution is 2.20. The van der Waals surface area contributed by atoms with Crippen molar-refractivity contribution >= 4 is 17.1 Å². The van der Waals surface area contributed by atoms with Crippen LogP contribution in [0.25, 0.3) is 11.0 Å². The summed E-state index contributed by atoms with van der Waals surface area (Å²) in [6.45, 7) is 1.86. The molecule has 2 aromatic rings. The van der Waals surface area contributed by atoms with E-state index in [9.17, 15) is 4.79 Å². The number of nitrogens with zero attached hydrogens (tertiary/aromatic N) is 3. The van der Waals surface area contributed by atoms with E-state index in [1.807, 2.05) is 36.7 Å². The molecule has 4 heteroatoms. The molecule has 0 aliphatic carbocycles. The van der Waals surface area contributed by atoms with E-state index in [1.165, 1.54) is 0 Å². The highest BCUT2D eigenvalue weighted by molar-refractivity contribution is 5.76. The van der Waals surface area contributed by atoms with E-state index in [4.69, 9.17) is 0 Å². The van der Waals surface area contributed by atoms with Gasteiger partial charge in [-0.1, -0.05) is 6.07 Å². The molecule has 0 aliphatic rings. The summed E-state index contributed by atoms with van der Waals surface area (Å²) in [6.07, 6.45) is 3.33. The highest BCUT2D eigenvalue weighted by atomic mass is 16.1. The smallest absolute Gasteiger partial charge is 0.235 e. The minimum atomic E-state index is -0.158. The Hall–Kier alpha value is -1.93. The minimum Gasteiger partial charge on any atom is -0.334 e. The van der Waals surface area contributed by atoms with Crippen molar-refractivity contribution in [1.29, 1.82) is 0 Å². The van der Waals surface area contributed by atoms with Crippen molar-refractivity contribution in [3.05, 3.63) is 30.1 Å². The molecule has 1 atom stereocenters. The van der Waals surface area contributed by atoms with Gasteiger partial charge in [-0.15, -0.1) is 0 Å². The topological polar surface area (TPSA) is 47.2 Å². The zero-order valence-electron chi connectivity index (χ0n) is 8.64. The summed E-state index contributed by atoms with van der Waals surface area (Å²) in [7, 11) is 1.95. The van der Waals surface area contributed by atoms with E-state index in [1.54, 1.807) is 12.4 Å². The zero-order valence-corrected chi connectivity index (χ0v) is 8.64. The fourth-order valence-electron chi connectivity index (χ4n) is 1.57. The first-order valence-corrected chi connectivity index (χ1v) is 4.70. The summed E-state index contributed by atoms with van der Waals surface area (Å²) in [5, 5.41) is 0. The van der Waals surface area contributed by atoms with Gasteiger partial charge in [0, 0.05) is 7.05 Å². The third-order valence-electron chi connectivity index (χ3n) is 2.48. The molecule has 2 rings (SSSR count). The van der Waals surface area contributed by atoms with E-state index in [2.05, 4.69) is 9.98 Å². The molecule has 0 amide bonds. The van der Waals surface area contributed by atoms with Gasteiger partial charge in [0.1, 0.15) is 0 Å². The Kier molecular flexibility index (Phi) is 2.35. The van der Waals surface area contributed by atoms with E-state index in [0.717, 1.165) is 16.6 Å². The summed E-state index contributed by atoms with van der Waals surface area (Å²) in [6, 6.07) is 5.72. The first-order chi connectivity index (χ1) is 7.22. The zero-order chi connectivity index (χ0) is 10.8. The number of benzene rings is 1. The number of rotatable bonds is 2. The van der Waals surface area contributed by atoms with Crippen LogP contribution in [-0.2, 0) is 11.8 Å². The van der Waals surface area contributed by atoms with Crippen LogP contribution in [0.4, 0.5) is 0 Å². The van der Waals surface area contributed by atoms with E-state index in [0.29, 0.717) is 0 Å². The van der Waals surface area contributed by atoms with Gasteiger partial charge in [-0.25, -0.2) is 9.78 Å². The molecule has 15 heavy (non-hydrogen) atoms. The number of hydrogen-bond acceptors (Lipinski definition) is 3. The second-order valence-corrected chi connectivity index (χ2v) is 3.50. The van der Waals surface area contributed by atoms with Crippen molar-refractivity contribution in [3.63, 3.8) is 0 Å². The highest BCUT2D eigenvalue weighted by Gasteiger charge is 2.06. The van der Waals surface area contributed by atoms with Crippen LogP contribution >= 0.6 is 0 Å². The largest absolute Gasteiger partial charge is 0.334 e. The number of hydrogen-bond donors (Lipinski definition) is 0. The fourth-order valence-corrected chi connectivity index (χ4v) is 1.57. The number of isocyanates is 1. The lowest BCUT2D eigenvalue weighted by Gasteiger charge is -2.04. The van der Waals surface area contributed by atoms with Crippen LogP contribution in [0.3, 0.4) is 0 Å². The second kappa shape index (κ2) is 3.67. The molecule has 0 N–H and O–H groups in total. The van der Waals surface area contributed by atoms with Crippen molar-refractivity contribution in [3.8, 4) is 0 Å². The summed E-state index contributed by atoms with van der Waals surface area (Å²) < 4.78 is 1.95. The quantitative estimate of drug-likeness (QED) is 0.551. The van der Waals surface area contributed by atoms with E-state index >= 15 is 0 Å². The van der Waals surface area contributed by atoms with E-state index < -0.39 is 0 Å². The molecule has 1 heterocycles. The predicted molar refractivity (Wildman–Crippen MR) is 57.3 cm³/mol. The van der Waals surface area contributed by atoms with Crippen LogP contribution in [0, 0.1) is 0 Å². The number of aryl methyl sites for hydroxylation is 1. The van der Waals surface area contributed by atoms with Crippen LogP contribution in [0.5, 0.6) is 0 Å². The third-order valence-corrected chi connectivity index (χ3v) is 2.48. The van der Waals surface area contributed by atoms with Crippen molar-refractivity contribution in [2.24, 2.45) is 12.0 Å². The maximum atomic E-state index is 10.1. The Bertz CT molecular complexity index is 538. The maximum absolute atomic E-state index is 10.1. The summed E-state index contributed by atoms with van der Waals surface area (Å²) in [5.74, 6) is 0. The lowest BCUT2D eigenvalue weighted by Crippen LogP contribution is -1.90. The number of aromatic nitrogens is 2. The lowest BCUT2D eigenvalue weighted by atomic mass is 10.1. The van der Waals surface area contributed by atoms with Gasteiger partial charge in [-0.2, -0.15) is 4.99 Å². The van der Waals surface area contributed by atoms with E-state index in [-0.39, 0.29) is 6.04 Å². The van der Waals surface area contributed by atoms with Crippen LogP contribution in [0.15, 0.2) is 29.5 Å². The Morgan fingerprint density at radius 1 is 1.53 bits per heavy atom. The molecule has 0 radical (unpaired) electrons. The summed E-state index contributed by atoms with van der Waals surface area (Å²) in [4.78, 5) is 18.1. The maximum Gasteiger partial charge on any atom is 0.235 e. The molecule has 76 valence electrons. The fraction of sp³-hybridized carbons (Fsp3) is 0.273. The Balaban J connectivity index is 2.51. The standard InChI is InChI=1S/C11H11N3O/c1-8(13-7-15)9-3-4-11-10(5-9)12-6-14(11)2/h3-6,8H,1-2H3. The van der Waals surface area contributed by atoms with Crippen molar-refractivity contribution < 1.29 is 4.79 Å². The van der Waals surface area contributed by atoms with Gasteiger partial charge in [0.05, 0.1) is 23.4 Å². The number of fused-ring (bicyclic) bond motifs is 1. The molecule has 0 saturated carbocycles. The van der Waals surface area contributed by atoms with Gasteiger partial charge in [-0.3, -0.25) is 0 Å². The average Bonchev–Trinajstić information content (AvgIpc) is 2.60. The normalized spacial score (nSPS) is 12.4. The number of aliphatic imine (C=N–C) groups is 1. The molecule has 0 aliphatic heterocycles. The molecule has 4 nitrogen and oxygen atoms in total. The molecule has 0 fully saturated rings. The Morgan fingerprint density at radius 3 is 3.07 bits per heavy atom. The van der Waals surface area contributed by atoms with Crippen molar-refractivity contribution in [2.45, 2.75) is 13.0 Å². The molecule has 0 saturated heterocycles. The minimum absolute atomic E-state index is 0.158. The van der Waals surface area contributed by atoms with Crippen LogP contribution in [0.2, 0.25) is 0 Å². The monoisotopic (exact) mass is 201 g/mol. The number of imidazole rings is 1. The summed E-state index contributed by atoms with van der Waals surface area (Å²) >= 11 is 0. The van der Waals surface area contributed by atoms with Crippen LogP contribution in [0.1, 0.15) is 18.5 Å². The molecule has 1 aromatic carbocycles. The van der Waals surface area contributed by atoms with Gasteiger partial charge in [0.15, 0.2) is 0 Å². The Morgan fingerprint density at radius 2 is 2.33 bits per heavy atom. The second-order valence-electron chi connectivity index (χ2n) is 3.50. The average molecular weight is 201 g/mol. The SMILES string of the molecule is CC(N=C=O)c1ccc2c(c1)ncn2C.